The van der Waals surface area contributed by atoms with Crippen molar-refractivity contribution in [3.8, 4) is 0 Å². The third kappa shape index (κ3) is 2.76. The van der Waals surface area contributed by atoms with E-state index in [4.69, 9.17) is 0 Å². The van der Waals surface area contributed by atoms with Gasteiger partial charge in [-0.15, -0.1) is 0 Å². The van der Waals surface area contributed by atoms with E-state index in [1.54, 1.807) is 18.2 Å². The Kier molecular flexibility index (Phi) is 3.74. The van der Waals surface area contributed by atoms with Gasteiger partial charge in [-0.1, -0.05) is 18.2 Å². The minimum atomic E-state index is -0.604. The second-order valence-corrected chi connectivity index (χ2v) is 4.90. The number of imidazole rings is 1. The number of hydrogen-bond donors (Lipinski definition) is 2. The Morgan fingerprint density at radius 2 is 2.18 bits per heavy atom. The van der Waals surface area contributed by atoms with E-state index in [9.17, 15) is 9.59 Å². The van der Waals surface area contributed by atoms with Gasteiger partial charge in [0.15, 0.2) is 5.78 Å². The molecule has 112 valence electrons. The molecule has 1 heterocycles. The number of hydrogen-bond acceptors (Lipinski definition) is 4. The number of Topliss-reactive ketones (excluding diaryl/α,β-unsaturated/α-hetero) is 1. The Hall–Kier alpha value is -2.89. The standard InChI is InChI=1S/C16H15N3O3/c1-22-16(21)19-15-17-12-8-7-11(9-13(12)18-15)14(20)10-5-3-2-4-6-10/h3,5-9H,2,4H2,1H3,(H2,17,18,19,21). The van der Waals surface area contributed by atoms with Crippen molar-refractivity contribution in [1.29, 1.82) is 0 Å². The SMILES string of the molecule is COC(=O)Nc1nc2ccc(C(=O)C3=CCCC=C3)cc2[nH]1. The van der Waals surface area contributed by atoms with Crippen molar-refractivity contribution in [2.45, 2.75) is 12.8 Å². The number of aromatic amines is 1. The summed E-state index contributed by atoms with van der Waals surface area (Å²) < 4.78 is 4.51. The zero-order valence-corrected chi connectivity index (χ0v) is 12.1. The zero-order chi connectivity index (χ0) is 15.5. The number of H-pyrrole nitrogens is 1. The summed E-state index contributed by atoms with van der Waals surface area (Å²) >= 11 is 0. The van der Waals surface area contributed by atoms with Gasteiger partial charge in [-0.2, -0.15) is 0 Å². The average Bonchev–Trinajstić information content (AvgIpc) is 2.96. The van der Waals surface area contributed by atoms with E-state index in [0.717, 1.165) is 12.8 Å². The van der Waals surface area contributed by atoms with E-state index in [-0.39, 0.29) is 11.7 Å². The summed E-state index contributed by atoms with van der Waals surface area (Å²) in [6.07, 6.45) is 7.06. The lowest BCUT2D eigenvalue weighted by atomic mass is 9.98. The fourth-order valence-corrected chi connectivity index (χ4v) is 2.31. The topological polar surface area (TPSA) is 84.1 Å². The van der Waals surface area contributed by atoms with E-state index < -0.39 is 6.09 Å². The highest BCUT2D eigenvalue weighted by Gasteiger charge is 2.13. The quantitative estimate of drug-likeness (QED) is 0.852. The first-order valence-electron chi connectivity index (χ1n) is 6.93. The number of ketones is 1. The second-order valence-electron chi connectivity index (χ2n) is 4.90. The summed E-state index contributed by atoms with van der Waals surface area (Å²) in [5, 5.41) is 2.46. The number of nitrogens with one attached hydrogen (secondary N) is 2. The van der Waals surface area contributed by atoms with Gasteiger partial charge in [-0.3, -0.25) is 10.1 Å². The number of carbonyl (C=O) groups excluding carboxylic acids is 2. The molecule has 3 rings (SSSR count). The number of fused-ring (bicyclic) bond motifs is 1. The molecule has 22 heavy (non-hydrogen) atoms. The van der Waals surface area contributed by atoms with Crippen molar-refractivity contribution >= 4 is 28.9 Å². The molecular formula is C16H15N3O3. The summed E-state index contributed by atoms with van der Waals surface area (Å²) in [6.45, 7) is 0. The molecule has 1 aromatic heterocycles. The summed E-state index contributed by atoms with van der Waals surface area (Å²) in [4.78, 5) is 30.8. The van der Waals surface area contributed by atoms with E-state index in [0.29, 0.717) is 22.2 Å². The summed E-state index contributed by atoms with van der Waals surface area (Å²) in [5.74, 6) is 0.262. The number of aromatic nitrogens is 2. The predicted octanol–water partition coefficient (Wildman–Crippen LogP) is 3.20. The van der Waals surface area contributed by atoms with Crippen LogP contribution in [0.5, 0.6) is 0 Å². The van der Waals surface area contributed by atoms with Gasteiger partial charge in [0.1, 0.15) is 0 Å². The first kappa shape index (κ1) is 14.1. The smallest absolute Gasteiger partial charge is 0.413 e. The van der Waals surface area contributed by atoms with Crippen LogP contribution in [0.2, 0.25) is 0 Å². The largest absolute Gasteiger partial charge is 0.453 e. The van der Waals surface area contributed by atoms with Gasteiger partial charge in [-0.05, 0) is 31.0 Å². The molecule has 0 saturated carbocycles. The number of benzene rings is 1. The lowest BCUT2D eigenvalue weighted by Crippen LogP contribution is -2.11. The molecule has 0 aliphatic heterocycles. The molecule has 1 amide bonds. The average molecular weight is 297 g/mol. The van der Waals surface area contributed by atoms with Gasteiger partial charge in [0.05, 0.1) is 18.1 Å². The van der Waals surface area contributed by atoms with Gasteiger partial charge in [0.2, 0.25) is 5.95 Å². The minimum absolute atomic E-state index is 0.0186. The highest BCUT2D eigenvalue weighted by molar-refractivity contribution is 6.11. The van der Waals surface area contributed by atoms with Crippen LogP contribution in [-0.2, 0) is 4.74 Å². The number of rotatable bonds is 3. The van der Waals surface area contributed by atoms with Crippen LogP contribution in [0.15, 0.2) is 42.0 Å². The maximum atomic E-state index is 12.4. The lowest BCUT2D eigenvalue weighted by molar-refractivity contribution is 0.103. The minimum Gasteiger partial charge on any atom is -0.453 e. The van der Waals surface area contributed by atoms with Gasteiger partial charge in [0.25, 0.3) is 0 Å². The normalized spacial score (nSPS) is 13.8. The van der Waals surface area contributed by atoms with Crippen LogP contribution in [0.3, 0.4) is 0 Å². The molecule has 0 bridgehead atoms. The Balaban J connectivity index is 1.89. The molecule has 0 unspecified atom stereocenters. The van der Waals surface area contributed by atoms with Gasteiger partial charge in [-0.25, -0.2) is 9.78 Å². The zero-order valence-electron chi connectivity index (χ0n) is 12.1. The van der Waals surface area contributed by atoms with Crippen LogP contribution in [0.4, 0.5) is 10.7 Å². The van der Waals surface area contributed by atoms with E-state index >= 15 is 0 Å². The fourth-order valence-electron chi connectivity index (χ4n) is 2.31. The molecule has 0 spiro atoms. The monoisotopic (exact) mass is 297 g/mol. The third-order valence-corrected chi connectivity index (χ3v) is 3.41. The number of allylic oxidation sites excluding steroid dienone is 4. The van der Waals surface area contributed by atoms with Crippen LogP contribution >= 0.6 is 0 Å². The van der Waals surface area contributed by atoms with Crippen molar-refractivity contribution in [1.82, 2.24) is 9.97 Å². The summed E-state index contributed by atoms with van der Waals surface area (Å²) in [7, 11) is 1.28. The molecule has 0 atom stereocenters. The molecule has 1 aliphatic carbocycles. The third-order valence-electron chi connectivity index (χ3n) is 3.41. The van der Waals surface area contributed by atoms with Crippen LogP contribution < -0.4 is 5.32 Å². The fraction of sp³-hybridized carbons (Fsp3) is 0.188. The van der Waals surface area contributed by atoms with E-state index in [1.807, 2.05) is 18.2 Å². The molecular weight excluding hydrogens is 282 g/mol. The molecule has 6 heteroatoms. The van der Waals surface area contributed by atoms with Crippen molar-refractivity contribution < 1.29 is 14.3 Å². The maximum absolute atomic E-state index is 12.4. The molecule has 0 radical (unpaired) electrons. The Morgan fingerprint density at radius 1 is 1.32 bits per heavy atom. The van der Waals surface area contributed by atoms with E-state index in [2.05, 4.69) is 20.0 Å². The van der Waals surface area contributed by atoms with Gasteiger partial charge < -0.3 is 9.72 Å². The molecule has 2 N–H and O–H groups in total. The van der Waals surface area contributed by atoms with Crippen molar-refractivity contribution in [2.24, 2.45) is 0 Å². The highest BCUT2D eigenvalue weighted by atomic mass is 16.5. The molecule has 2 aromatic rings. The Bertz CT molecular complexity index is 802. The molecule has 6 nitrogen and oxygen atoms in total. The van der Waals surface area contributed by atoms with Crippen LogP contribution in [0, 0.1) is 0 Å². The summed E-state index contributed by atoms with van der Waals surface area (Å²) in [5.41, 5.74) is 2.63. The van der Waals surface area contributed by atoms with Crippen molar-refractivity contribution in [3.05, 3.63) is 47.6 Å². The number of carbonyl (C=O) groups is 2. The highest BCUT2D eigenvalue weighted by Crippen LogP contribution is 2.20. The number of anilines is 1. The molecule has 0 saturated heterocycles. The molecule has 1 aromatic carbocycles. The number of amides is 1. The molecule has 1 aliphatic rings. The number of nitrogens with zero attached hydrogens (tertiary/aromatic N) is 1. The lowest BCUT2D eigenvalue weighted by Gasteiger charge is -2.05. The Morgan fingerprint density at radius 3 is 2.91 bits per heavy atom. The van der Waals surface area contributed by atoms with Gasteiger partial charge in [0, 0.05) is 11.1 Å². The summed E-state index contributed by atoms with van der Waals surface area (Å²) in [6, 6.07) is 5.21. The number of ether oxygens (including phenoxy) is 1. The molecule has 0 fully saturated rings. The second kappa shape index (κ2) is 5.85. The van der Waals surface area contributed by atoms with Crippen molar-refractivity contribution in [2.75, 3.05) is 12.4 Å². The Labute approximate surface area is 126 Å². The maximum Gasteiger partial charge on any atom is 0.413 e. The first-order chi connectivity index (χ1) is 10.7. The van der Waals surface area contributed by atoms with Crippen LogP contribution in [-0.4, -0.2) is 29.0 Å². The first-order valence-corrected chi connectivity index (χ1v) is 6.93. The van der Waals surface area contributed by atoms with E-state index in [1.165, 1.54) is 7.11 Å². The van der Waals surface area contributed by atoms with Crippen LogP contribution in [0.1, 0.15) is 23.2 Å². The number of methoxy groups -OCH3 is 1. The van der Waals surface area contributed by atoms with Gasteiger partial charge >= 0.3 is 6.09 Å². The van der Waals surface area contributed by atoms with Crippen molar-refractivity contribution in [3.63, 3.8) is 0 Å². The predicted molar refractivity (Wildman–Crippen MR) is 82.9 cm³/mol. The van der Waals surface area contributed by atoms with Crippen LogP contribution in [0.25, 0.3) is 11.0 Å².